The van der Waals surface area contributed by atoms with Crippen molar-refractivity contribution < 1.29 is 0 Å². The minimum absolute atomic E-state index is 0.612. The highest BCUT2D eigenvalue weighted by Crippen LogP contribution is 2.57. The van der Waals surface area contributed by atoms with Gasteiger partial charge in [-0.3, -0.25) is 0 Å². The number of benzene rings is 8. The maximum atomic E-state index is 2.47. The highest BCUT2D eigenvalue weighted by atomic mass is 32.2. The van der Waals surface area contributed by atoms with Gasteiger partial charge in [-0.15, -0.1) is 47.0 Å². The third-order valence-corrected chi connectivity index (χ3v) is 14.4. The molecule has 4 heteroatoms. The molecule has 0 saturated carbocycles. The summed E-state index contributed by atoms with van der Waals surface area (Å²) in [6.07, 6.45) is 8.56. The second-order valence-electron chi connectivity index (χ2n) is 14.4. The molecule has 0 aromatic heterocycles. The molecular formula is C53H42S4. The molecular weight excluding hydrogens is 765 g/mol. The monoisotopic (exact) mass is 806 g/mol. The lowest BCUT2D eigenvalue weighted by molar-refractivity contribution is 0.770. The Kier molecular flexibility index (Phi) is 10.7. The number of fused-ring (bicyclic) bond motifs is 3. The molecule has 0 aliphatic heterocycles. The fourth-order valence-electron chi connectivity index (χ4n) is 8.51. The molecule has 1 aliphatic carbocycles. The minimum Gasteiger partial charge on any atom is -0.130 e. The first kappa shape index (κ1) is 37.7. The number of thioether (sulfide) groups is 4. The average Bonchev–Trinajstić information content (AvgIpc) is 3.60. The van der Waals surface area contributed by atoms with Gasteiger partial charge in [0.05, 0.1) is 5.41 Å². The molecule has 0 nitrogen and oxygen atoms in total. The van der Waals surface area contributed by atoms with Gasteiger partial charge in [0.2, 0.25) is 0 Å². The molecule has 0 radical (unpaired) electrons. The van der Waals surface area contributed by atoms with Crippen LogP contribution in [0.5, 0.6) is 0 Å². The third-order valence-electron chi connectivity index (χ3n) is 11.4. The Bertz CT molecular complexity index is 2370. The highest BCUT2D eigenvalue weighted by Gasteiger charge is 2.46. The van der Waals surface area contributed by atoms with Gasteiger partial charge in [0.1, 0.15) is 0 Å². The Morgan fingerprint density at radius 1 is 0.281 bits per heavy atom. The van der Waals surface area contributed by atoms with E-state index < -0.39 is 5.41 Å². The van der Waals surface area contributed by atoms with E-state index in [4.69, 9.17) is 0 Å². The summed E-state index contributed by atoms with van der Waals surface area (Å²) in [6.45, 7) is 0. The van der Waals surface area contributed by atoms with Crippen molar-refractivity contribution in [2.75, 3.05) is 25.0 Å². The summed E-state index contributed by atoms with van der Waals surface area (Å²) in [5, 5.41) is 0. The first-order chi connectivity index (χ1) is 28.0. The van der Waals surface area contributed by atoms with Gasteiger partial charge in [0, 0.05) is 19.6 Å². The summed E-state index contributed by atoms with van der Waals surface area (Å²) >= 11 is 7.12. The van der Waals surface area contributed by atoms with E-state index in [1.807, 2.05) is 0 Å². The first-order valence-electron chi connectivity index (χ1n) is 19.1. The molecule has 0 amide bonds. The van der Waals surface area contributed by atoms with Crippen molar-refractivity contribution in [1.29, 1.82) is 0 Å². The number of rotatable bonds is 10. The average molecular weight is 807 g/mol. The van der Waals surface area contributed by atoms with Gasteiger partial charge in [-0.1, -0.05) is 97.1 Å². The quantitative estimate of drug-likeness (QED) is 0.126. The molecule has 8 aromatic carbocycles. The van der Waals surface area contributed by atoms with Crippen LogP contribution in [0, 0.1) is 0 Å². The van der Waals surface area contributed by atoms with Crippen molar-refractivity contribution in [1.82, 2.24) is 0 Å². The van der Waals surface area contributed by atoms with Crippen molar-refractivity contribution in [3.05, 3.63) is 204 Å². The lowest BCUT2D eigenvalue weighted by Gasteiger charge is -2.35. The lowest BCUT2D eigenvalue weighted by Crippen LogP contribution is -2.29. The van der Waals surface area contributed by atoms with Crippen molar-refractivity contribution >= 4 is 47.0 Å². The Balaban J connectivity index is 1.39. The van der Waals surface area contributed by atoms with Crippen molar-refractivity contribution in [3.63, 3.8) is 0 Å². The van der Waals surface area contributed by atoms with Crippen LogP contribution in [-0.2, 0) is 5.41 Å². The normalized spacial score (nSPS) is 12.6. The van der Waals surface area contributed by atoms with Gasteiger partial charge in [-0.05, 0) is 188 Å². The summed E-state index contributed by atoms with van der Waals surface area (Å²) in [7, 11) is 0. The van der Waals surface area contributed by atoms with E-state index in [1.165, 1.54) is 97.5 Å². The van der Waals surface area contributed by atoms with Gasteiger partial charge in [-0.2, -0.15) is 0 Å². The van der Waals surface area contributed by atoms with Gasteiger partial charge in [0.15, 0.2) is 0 Å². The molecule has 278 valence electrons. The second kappa shape index (κ2) is 16.2. The Morgan fingerprint density at radius 2 is 0.544 bits per heavy atom. The molecule has 1 aliphatic rings. The van der Waals surface area contributed by atoms with E-state index in [0.717, 1.165) is 0 Å². The highest BCUT2D eigenvalue weighted by molar-refractivity contribution is 7.99. The van der Waals surface area contributed by atoms with Crippen molar-refractivity contribution in [3.8, 4) is 55.6 Å². The Labute approximate surface area is 354 Å². The van der Waals surface area contributed by atoms with Crippen molar-refractivity contribution in [2.24, 2.45) is 0 Å². The SMILES string of the molecule is CSc1ccc(-c2cc(-c3ccc(SC)cc3)cc(C3(c4cc(-c5ccc(SC)cc5)cc(-c5ccc(SC)cc5)c4)c4ccccc4-c4ccccc43)c2)cc1. The molecule has 8 aromatic rings. The predicted octanol–water partition coefficient (Wildman–Crippen LogP) is 15.6. The molecule has 0 unspecified atom stereocenters. The molecule has 0 atom stereocenters. The van der Waals surface area contributed by atoms with E-state index >= 15 is 0 Å². The van der Waals surface area contributed by atoms with E-state index in [9.17, 15) is 0 Å². The number of hydrogen-bond acceptors (Lipinski definition) is 4. The van der Waals surface area contributed by atoms with Crippen LogP contribution in [-0.4, -0.2) is 25.0 Å². The number of hydrogen-bond donors (Lipinski definition) is 0. The van der Waals surface area contributed by atoms with Crippen LogP contribution in [0.15, 0.2) is 202 Å². The zero-order valence-corrected chi connectivity index (χ0v) is 35.7. The van der Waals surface area contributed by atoms with E-state index in [1.54, 1.807) is 47.0 Å². The molecule has 9 rings (SSSR count). The summed E-state index contributed by atoms with van der Waals surface area (Å²) in [5.74, 6) is 0. The zero-order valence-electron chi connectivity index (χ0n) is 32.5. The minimum atomic E-state index is -0.612. The van der Waals surface area contributed by atoms with Crippen LogP contribution < -0.4 is 0 Å². The van der Waals surface area contributed by atoms with Crippen LogP contribution in [0.3, 0.4) is 0 Å². The summed E-state index contributed by atoms with van der Waals surface area (Å²) in [6, 6.07) is 69.1. The molecule has 0 spiro atoms. The summed E-state index contributed by atoms with van der Waals surface area (Å²) in [4.78, 5) is 5.05. The standard InChI is InChI=1S/C53H42S4/c1-54-45-21-13-35(14-22-45)39-29-40(36-15-23-46(55-2)24-16-36)32-43(31-39)53(51-11-7-5-9-49(51)50-10-6-8-12-52(50)53)44-33-41(37-17-25-47(56-3)26-18-37)30-42(34-44)38-19-27-48(57-4)28-20-38/h5-34H,1-4H3. The van der Waals surface area contributed by atoms with Crippen molar-refractivity contribution in [2.45, 2.75) is 25.0 Å². The Morgan fingerprint density at radius 3 is 0.807 bits per heavy atom. The smallest absolute Gasteiger partial charge is 0.0714 e. The molecule has 0 heterocycles. The topological polar surface area (TPSA) is 0 Å². The first-order valence-corrected chi connectivity index (χ1v) is 24.0. The van der Waals surface area contributed by atoms with Gasteiger partial charge in [-0.25, -0.2) is 0 Å². The van der Waals surface area contributed by atoms with Crippen LogP contribution >= 0.6 is 47.0 Å². The maximum Gasteiger partial charge on any atom is 0.0714 e. The Hall–Kier alpha value is -4.84. The van der Waals surface area contributed by atoms with Crippen LogP contribution in [0.1, 0.15) is 22.3 Å². The predicted molar refractivity (Wildman–Crippen MR) is 253 cm³/mol. The fourth-order valence-corrected chi connectivity index (χ4v) is 10.1. The largest absolute Gasteiger partial charge is 0.130 e. The summed E-state index contributed by atoms with van der Waals surface area (Å²) in [5.41, 5.74) is 16.8. The van der Waals surface area contributed by atoms with E-state index in [-0.39, 0.29) is 0 Å². The van der Waals surface area contributed by atoms with Gasteiger partial charge >= 0.3 is 0 Å². The maximum absolute atomic E-state index is 2.47. The molecule has 57 heavy (non-hydrogen) atoms. The zero-order chi connectivity index (χ0) is 38.9. The van der Waals surface area contributed by atoms with Crippen LogP contribution in [0.4, 0.5) is 0 Å². The van der Waals surface area contributed by atoms with Gasteiger partial charge in [0.25, 0.3) is 0 Å². The van der Waals surface area contributed by atoms with Gasteiger partial charge < -0.3 is 0 Å². The second-order valence-corrected chi connectivity index (χ2v) is 17.9. The van der Waals surface area contributed by atoms with Crippen LogP contribution in [0.2, 0.25) is 0 Å². The molecule has 0 bridgehead atoms. The molecule has 0 N–H and O–H groups in total. The van der Waals surface area contributed by atoms with E-state index in [2.05, 4.69) is 207 Å². The lowest BCUT2D eigenvalue weighted by atomic mass is 9.66. The fraction of sp³-hybridized carbons (Fsp3) is 0.0943. The summed E-state index contributed by atoms with van der Waals surface area (Å²) < 4.78 is 0. The molecule has 0 fully saturated rings. The molecule has 0 saturated heterocycles. The van der Waals surface area contributed by atoms with Crippen LogP contribution in [0.25, 0.3) is 55.6 Å². The van der Waals surface area contributed by atoms with E-state index in [0.29, 0.717) is 0 Å². The third kappa shape index (κ3) is 6.97.